The summed E-state index contributed by atoms with van der Waals surface area (Å²) in [6.45, 7) is 11.6. The van der Waals surface area contributed by atoms with Gasteiger partial charge < -0.3 is 5.32 Å². The molecule has 0 amide bonds. The van der Waals surface area contributed by atoms with Gasteiger partial charge in [-0.2, -0.15) is 0 Å². The number of rotatable bonds is 6. The Kier molecular flexibility index (Phi) is 5.62. The molecule has 20 heavy (non-hydrogen) atoms. The van der Waals surface area contributed by atoms with E-state index in [-0.39, 0.29) is 5.54 Å². The Morgan fingerprint density at radius 3 is 2.65 bits per heavy atom. The van der Waals surface area contributed by atoms with Crippen molar-refractivity contribution in [3.63, 3.8) is 0 Å². The lowest BCUT2D eigenvalue weighted by atomic mass is 9.89. The van der Waals surface area contributed by atoms with Crippen molar-refractivity contribution in [3.8, 4) is 0 Å². The third-order valence-corrected chi connectivity index (χ3v) is 4.40. The number of nitrogens with zero attached hydrogens (tertiary/aromatic N) is 1. The molecule has 1 heterocycles. The summed E-state index contributed by atoms with van der Waals surface area (Å²) in [5, 5.41) is 3.71. The van der Waals surface area contributed by atoms with Crippen molar-refractivity contribution in [1.29, 1.82) is 0 Å². The molecule has 0 saturated carbocycles. The lowest BCUT2D eigenvalue weighted by molar-refractivity contribution is 0.140. The molecule has 0 aliphatic carbocycles. The number of benzene rings is 1. The molecule has 1 saturated heterocycles. The predicted octanol–water partition coefficient (Wildman–Crippen LogP) is 3.63. The predicted molar refractivity (Wildman–Crippen MR) is 86.9 cm³/mol. The van der Waals surface area contributed by atoms with Crippen LogP contribution in [-0.4, -0.2) is 31.1 Å². The maximum absolute atomic E-state index is 3.71. The van der Waals surface area contributed by atoms with Gasteiger partial charge in [-0.1, -0.05) is 57.0 Å². The normalized spacial score (nSPS) is 24.2. The molecule has 2 heteroatoms. The second kappa shape index (κ2) is 7.24. The first-order chi connectivity index (χ1) is 9.60. The van der Waals surface area contributed by atoms with E-state index in [1.807, 2.05) is 0 Å². The second-order valence-electron chi connectivity index (χ2n) is 6.79. The highest BCUT2D eigenvalue weighted by Crippen LogP contribution is 2.24. The van der Waals surface area contributed by atoms with Gasteiger partial charge in [0.15, 0.2) is 0 Å². The van der Waals surface area contributed by atoms with E-state index in [0.29, 0.717) is 0 Å². The number of nitrogens with one attached hydrogen (secondary N) is 1. The third-order valence-electron chi connectivity index (χ3n) is 4.40. The zero-order valence-electron chi connectivity index (χ0n) is 13.4. The number of hydrogen-bond donors (Lipinski definition) is 1. The largest absolute Gasteiger partial charge is 0.305 e. The van der Waals surface area contributed by atoms with E-state index in [2.05, 4.69) is 61.3 Å². The molecule has 2 nitrogen and oxygen atoms in total. The summed E-state index contributed by atoms with van der Waals surface area (Å²) >= 11 is 0. The van der Waals surface area contributed by atoms with Crippen molar-refractivity contribution in [2.24, 2.45) is 5.92 Å². The minimum Gasteiger partial charge on any atom is -0.305 e. The van der Waals surface area contributed by atoms with Crippen LogP contribution in [0.4, 0.5) is 0 Å². The van der Waals surface area contributed by atoms with Crippen LogP contribution in [0.5, 0.6) is 0 Å². The van der Waals surface area contributed by atoms with Crippen LogP contribution in [0.15, 0.2) is 30.3 Å². The van der Waals surface area contributed by atoms with E-state index in [4.69, 9.17) is 0 Å². The monoisotopic (exact) mass is 274 g/mol. The summed E-state index contributed by atoms with van der Waals surface area (Å²) in [7, 11) is 0. The summed E-state index contributed by atoms with van der Waals surface area (Å²) in [4.78, 5) is 2.63. The van der Waals surface area contributed by atoms with Gasteiger partial charge >= 0.3 is 0 Å². The molecule has 1 unspecified atom stereocenters. The summed E-state index contributed by atoms with van der Waals surface area (Å²) in [6, 6.07) is 10.9. The number of unbranched alkanes of at least 4 members (excludes halogenated alkanes) is 1. The third kappa shape index (κ3) is 4.32. The van der Waals surface area contributed by atoms with Crippen molar-refractivity contribution < 1.29 is 0 Å². The van der Waals surface area contributed by atoms with Gasteiger partial charge in [0.1, 0.15) is 0 Å². The van der Waals surface area contributed by atoms with Crippen LogP contribution in [0, 0.1) is 5.92 Å². The van der Waals surface area contributed by atoms with Crippen LogP contribution in [-0.2, 0) is 5.54 Å². The van der Waals surface area contributed by atoms with Gasteiger partial charge in [-0.25, -0.2) is 0 Å². The Morgan fingerprint density at radius 1 is 1.20 bits per heavy atom. The van der Waals surface area contributed by atoms with E-state index >= 15 is 0 Å². The zero-order valence-corrected chi connectivity index (χ0v) is 13.4. The molecule has 1 aromatic carbocycles. The fourth-order valence-corrected chi connectivity index (χ4v) is 3.15. The summed E-state index contributed by atoms with van der Waals surface area (Å²) in [6.07, 6.45) is 4.06. The lowest BCUT2D eigenvalue weighted by Crippen LogP contribution is -2.56. The smallest absolute Gasteiger partial charge is 0.0535 e. The SMILES string of the molecule is CC(C)CCCCN1CCNC(C)(c2ccccc2)C1. The molecule has 0 spiro atoms. The van der Waals surface area contributed by atoms with E-state index < -0.39 is 0 Å². The van der Waals surface area contributed by atoms with Crippen molar-refractivity contribution in [3.05, 3.63) is 35.9 Å². The van der Waals surface area contributed by atoms with Gasteiger partial charge in [0.25, 0.3) is 0 Å². The minimum absolute atomic E-state index is 0.109. The number of piperazine rings is 1. The highest BCUT2D eigenvalue weighted by Gasteiger charge is 2.31. The highest BCUT2D eigenvalue weighted by atomic mass is 15.2. The Balaban J connectivity index is 1.85. The molecule has 1 atom stereocenters. The van der Waals surface area contributed by atoms with Gasteiger partial charge in [0.2, 0.25) is 0 Å². The fourth-order valence-electron chi connectivity index (χ4n) is 3.15. The molecule has 2 rings (SSSR count). The average molecular weight is 274 g/mol. The topological polar surface area (TPSA) is 15.3 Å². The van der Waals surface area contributed by atoms with E-state index in [0.717, 1.165) is 19.0 Å². The lowest BCUT2D eigenvalue weighted by Gasteiger charge is -2.42. The van der Waals surface area contributed by atoms with Crippen LogP contribution in [0.3, 0.4) is 0 Å². The van der Waals surface area contributed by atoms with Crippen molar-refractivity contribution in [2.45, 2.75) is 45.6 Å². The molecule has 1 aliphatic rings. The van der Waals surface area contributed by atoms with Gasteiger partial charge in [0, 0.05) is 19.6 Å². The fraction of sp³-hybridized carbons (Fsp3) is 0.667. The van der Waals surface area contributed by atoms with Gasteiger partial charge in [-0.3, -0.25) is 4.90 Å². The highest BCUT2D eigenvalue weighted by molar-refractivity contribution is 5.24. The minimum atomic E-state index is 0.109. The summed E-state index contributed by atoms with van der Waals surface area (Å²) in [5.41, 5.74) is 1.52. The van der Waals surface area contributed by atoms with Crippen molar-refractivity contribution >= 4 is 0 Å². The molecular weight excluding hydrogens is 244 g/mol. The van der Waals surface area contributed by atoms with Gasteiger partial charge in [0.05, 0.1) is 5.54 Å². The summed E-state index contributed by atoms with van der Waals surface area (Å²) in [5.74, 6) is 0.840. The van der Waals surface area contributed by atoms with Gasteiger partial charge in [-0.15, -0.1) is 0 Å². The molecule has 1 aliphatic heterocycles. The molecule has 1 aromatic rings. The van der Waals surface area contributed by atoms with Crippen LogP contribution in [0.2, 0.25) is 0 Å². The number of hydrogen-bond acceptors (Lipinski definition) is 2. The summed E-state index contributed by atoms with van der Waals surface area (Å²) < 4.78 is 0. The van der Waals surface area contributed by atoms with E-state index in [9.17, 15) is 0 Å². The quantitative estimate of drug-likeness (QED) is 0.797. The van der Waals surface area contributed by atoms with Gasteiger partial charge in [-0.05, 0) is 31.4 Å². The van der Waals surface area contributed by atoms with E-state index in [1.54, 1.807) is 0 Å². The maximum Gasteiger partial charge on any atom is 0.0535 e. The second-order valence-corrected chi connectivity index (χ2v) is 6.79. The Hall–Kier alpha value is -0.860. The van der Waals surface area contributed by atoms with Crippen molar-refractivity contribution in [1.82, 2.24) is 10.2 Å². The van der Waals surface area contributed by atoms with Crippen molar-refractivity contribution in [2.75, 3.05) is 26.2 Å². The maximum atomic E-state index is 3.71. The first-order valence-corrected chi connectivity index (χ1v) is 8.13. The molecule has 0 radical (unpaired) electrons. The standard InChI is InChI=1S/C18H30N2/c1-16(2)9-7-8-13-20-14-12-19-18(3,15-20)17-10-5-4-6-11-17/h4-6,10-11,16,19H,7-9,12-15H2,1-3H3. The zero-order chi connectivity index (χ0) is 14.4. The van der Waals surface area contributed by atoms with Crippen LogP contribution in [0.25, 0.3) is 0 Å². The van der Waals surface area contributed by atoms with Crippen LogP contribution in [0.1, 0.15) is 45.6 Å². The first-order valence-electron chi connectivity index (χ1n) is 8.13. The van der Waals surface area contributed by atoms with Crippen LogP contribution >= 0.6 is 0 Å². The molecule has 112 valence electrons. The average Bonchev–Trinajstić information content (AvgIpc) is 2.45. The Bertz CT molecular complexity index is 388. The Labute approximate surface area is 124 Å². The molecule has 1 fully saturated rings. The van der Waals surface area contributed by atoms with E-state index in [1.165, 1.54) is 37.9 Å². The molecule has 0 bridgehead atoms. The molecule has 0 aromatic heterocycles. The molecule has 1 N–H and O–H groups in total. The molecular formula is C18H30N2. The first kappa shape index (κ1) is 15.5. The van der Waals surface area contributed by atoms with Crippen LogP contribution < -0.4 is 5.32 Å². The Morgan fingerprint density at radius 2 is 1.95 bits per heavy atom.